The smallest absolute Gasteiger partial charge is 0.251 e. The minimum atomic E-state index is -3.63. The summed E-state index contributed by atoms with van der Waals surface area (Å²) in [6.07, 6.45) is 2.21. The van der Waals surface area contributed by atoms with Gasteiger partial charge in [-0.05, 0) is 49.7 Å². The highest BCUT2D eigenvalue weighted by Gasteiger charge is 2.17. The van der Waals surface area contributed by atoms with Crippen LogP contribution in [0.25, 0.3) is 0 Å². The first-order chi connectivity index (χ1) is 12.8. The maximum atomic E-state index is 12.2. The van der Waals surface area contributed by atoms with Crippen molar-refractivity contribution in [2.75, 3.05) is 11.9 Å². The van der Waals surface area contributed by atoms with Crippen molar-refractivity contribution in [3.63, 3.8) is 0 Å². The molecule has 144 valence electrons. The van der Waals surface area contributed by atoms with Crippen molar-refractivity contribution in [3.8, 4) is 0 Å². The number of aromatic nitrogens is 1. The Morgan fingerprint density at radius 2 is 1.81 bits per heavy atom. The fourth-order valence-electron chi connectivity index (χ4n) is 2.09. The molecule has 3 N–H and O–H groups in total. The van der Waals surface area contributed by atoms with Crippen molar-refractivity contribution in [2.45, 2.75) is 31.2 Å². The second-order valence-electron chi connectivity index (χ2n) is 5.90. The average molecular weight is 390 g/mol. The molecular formula is C18H22N4O4S. The Labute approximate surface area is 158 Å². The van der Waals surface area contributed by atoms with E-state index in [4.69, 9.17) is 0 Å². The van der Waals surface area contributed by atoms with Gasteiger partial charge >= 0.3 is 0 Å². The van der Waals surface area contributed by atoms with E-state index in [1.807, 2.05) is 6.92 Å². The zero-order chi connectivity index (χ0) is 19.9. The summed E-state index contributed by atoms with van der Waals surface area (Å²) in [7, 11) is -3.63. The Kier molecular flexibility index (Phi) is 7.03. The van der Waals surface area contributed by atoms with E-state index in [1.54, 1.807) is 31.3 Å². The van der Waals surface area contributed by atoms with Gasteiger partial charge in [-0.3, -0.25) is 9.59 Å². The Hall–Kier alpha value is -2.78. The molecule has 2 amide bonds. The maximum absolute atomic E-state index is 12.2. The fraction of sp³-hybridized carbons (Fsp3) is 0.278. The predicted octanol–water partition coefficient (Wildman–Crippen LogP) is 1.53. The van der Waals surface area contributed by atoms with Gasteiger partial charge in [0, 0.05) is 17.8 Å². The standard InChI is InChI=1S/C18H22N4O4S/c1-3-13(2)22-27(25,26)15-9-7-14(8-10-15)18(24)20-12-17(23)21-16-6-4-5-11-19-16/h4-11,13,22H,3,12H2,1-2H3,(H,20,24)(H,19,21,23)/t13-/m1/s1. The Morgan fingerprint density at radius 1 is 1.11 bits per heavy atom. The molecule has 1 aromatic carbocycles. The summed E-state index contributed by atoms with van der Waals surface area (Å²) in [6, 6.07) is 10.4. The maximum Gasteiger partial charge on any atom is 0.251 e. The van der Waals surface area contributed by atoms with E-state index in [2.05, 4.69) is 20.3 Å². The monoisotopic (exact) mass is 390 g/mol. The van der Waals surface area contributed by atoms with Gasteiger partial charge in [-0.25, -0.2) is 18.1 Å². The van der Waals surface area contributed by atoms with Crippen LogP contribution >= 0.6 is 0 Å². The van der Waals surface area contributed by atoms with Crippen LogP contribution in [0.15, 0.2) is 53.6 Å². The minimum Gasteiger partial charge on any atom is -0.343 e. The van der Waals surface area contributed by atoms with Crippen LogP contribution in [-0.4, -0.2) is 37.8 Å². The molecular weight excluding hydrogens is 368 g/mol. The number of carbonyl (C=O) groups is 2. The van der Waals surface area contributed by atoms with E-state index < -0.39 is 21.8 Å². The third-order valence-electron chi connectivity index (χ3n) is 3.74. The lowest BCUT2D eigenvalue weighted by Crippen LogP contribution is -2.33. The number of sulfonamides is 1. The van der Waals surface area contributed by atoms with E-state index in [0.717, 1.165) is 0 Å². The highest BCUT2D eigenvalue weighted by atomic mass is 32.2. The highest BCUT2D eigenvalue weighted by molar-refractivity contribution is 7.89. The van der Waals surface area contributed by atoms with Gasteiger partial charge in [-0.2, -0.15) is 0 Å². The second-order valence-corrected chi connectivity index (χ2v) is 7.61. The van der Waals surface area contributed by atoms with Gasteiger partial charge in [-0.1, -0.05) is 13.0 Å². The van der Waals surface area contributed by atoms with Gasteiger partial charge in [0.2, 0.25) is 15.9 Å². The highest BCUT2D eigenvalue weighted by Crippen LogP contribution is 2.11. The van der Waals surface area contributed by atoms with Crippen LogP contribution in [0.4, 0.5) is 5.82 Å². The van der Waals surface area contributed by atoms with Crippen molar-refractivity contribution in [2.24, 2.45) is 0 Å². The number of anilines is 1. The molecule has 0 aliphatic heterocycles. The summed E-state index contributed by atoms with van der Waals surface area (Å²) in [5, 5.41) is 5.02. The largest absolute Gasteiger partial charge is 0.343 e. The van der Waals surface area contributed by atoms with E-state index in [-0.39, 0.29) is 23.0 Å². The molecule has 0 saturated carbocycles. The molecule has 0 bridgehead atoms. The summed E-state index contributed by atoms with van der Waals surface area (Å²) >= 11 is 0. The molecule has 8 nitrogen and oxygen atoms in total. The summed E-state index contributed by atoms with van der Waals surface area (Å²) in [6.45, 7) is 3.42. The summed E-state index contributed by atoms with van der Waals surface area (Å²) < 4.78 is 26.9. The topological polar surface area (TPSA) is 117 Å². The van der Waals surface area contributed by atoms with Crippen molar-refractivity contribution in [3.05, 3.63) is 54.2 Å². The van der Waals surface area contributed by atoms with Gasteiger partial charge < -0.3 is 10.6 Å². The quantitative estimate of drug-likeness (QED) is 0.632. The minimum absolute atomic E-state index is 0.0762. The number of hydrogen-bond donors (Lipinski definition) is 3. The number of nitrogens with zero attached hydrogens (tertiary/aromatic N) is 1. The molecule has 0 saturated heterocycles. The third kappa shape index (κ3) is 6.15. The number of nitrogens with one attached hydrogen (secondary N) is 3. The van der Waals surface area contributed by atoms with Crippen molar-refractivity contribution in [1.82, 2.24) is 15.0 Å². The van der Waals surface area contributed by atoms with E-state index >= 15 is 0 Å². The molecule has 9 heteroatoms. The fourth-order valence-corrected chi connectivity index (χ4v) is 3.41. The molecule has 0 spiro atoms. The van der Waals surface area contributed by atoms with Crippen LogP contribution in [0.5, 0.6) is 0 Å². The molecule has 1 aromatic heterocycles. The first kappa shape index (κ1) is 20.5. The molecule has 0 aliphatic carbocycles. The SMILES string of the molecule is CC[C@@H](C)NS(=O)(=O)c1ccc(C(=O)NCC(=O)Nc2ccccn2)cc1. The molecule has 0 aliphatic rings. The van der Waals surface area contributed by atoms with Crippen molar-refractivity contribution >= 4 is 27.7 Å². The third-order valence-corrected chi connectivity index (χ3v) is 5.34. The molecule has 1 heterocycles. The van der Waals surface area contributed by atoms with Crippen LogP contribution in [0.2, 0.25) is 0 Å². The van der Waals surface area contributed by atoms with E-state index in [9.17, 15) is 18.0 Å². The van der Waals surface area contributed by atoms with Gasteiger partial charge in [0.25, 0.3) is 5.91 Å². The van der Waals surface area contributed by atoms with Crippen LogP contribution in [0.3, 0.4) is 0 Å². The molecule has 2 aromatic rings. The van der Waals surface area contributed by atoms with Crippen molar-refractivity contribution in [1.29, 1.82) is 0 Å². The van der Waals surface area contributed by atoms with E-state index in [0.29, 0.717) is 12.2 Å². The zero-order valence-corrected chi connectivity index (χ0v) is 15.9. The molecule has 0 unspecified atom stereocenters. The van der Waals surface area contributed by atoms with Crippen LogP contribution in [0.1, 0.15) is 30.6 Å². The Balaban J connectivity index is 1.92. The normalized spacial score (nSPS) is 12.2. The Morgan fingerprint density at radius 3 is 2.41 bits per heavy atom. The molecule has 27 heavy (non-hydrogen) atoms. The number of rotatable bonds is 8. The predicted molar refractivity (Wildman–Crippen MR) is 102 cm³/mol. The number of benzene rings is 1. The van der Waals surface area contributed by atoms with Gasteiger partial charge in [-0.15, -0.1) is 0 Å². The lowest BCUT2D eigenvalue weighted by atomic mass is 10.2. The van der Waals surface area contributed by atoms with Gasteiger partial charge in [0.05, 0.1) is 11.4 Å². The molecule has 2 rings (SSSR count). The summed E-state index contributed by atoms with van der Waals surface area (Å²) in [5.41, 5.74) is 0.253. The first-order valence-electron chi connectivity index (χ1n) is 8.43. The molecule has 1 atom stereocenters. The zero-order valence-electron chi connectivity index (χ0n) is 15.1. The van der Waals surface area contributed by atoms with Gasteiger partial charge in [0.15, 0.2) is 0 Å². The van der Waals surface area contributed by atoms with Crippen molar-refractivity contribution < 1.29 is 18.0 Å². The lowest BCUT2D eigenvalue weighted by molar-refractivity contribution is -0.115. The van der Waals surface area contributed by atoms with Crippen LogP contribution < -0.4 is 15.4 Å². The van der Waals surface area contributed by atoms with Gasteiger partial charge in [0.1, 0.15) is 5.82 Å². The summed E-state index contributed by atoms with van der Waals surface area (Å²) in [4.78, 5) is 28.0. The average Bonchev–Trinajstić information content (AvgIpc) is 2.66. The summed E-state index contributed by atoms with van der Waals surface area (Å²) in [5.74, 6) is -0.510. The van der Waals surface area contributed by atoms with E-state index in [1.165, 1.54) is 24.3 Å². The molecule has 0 radical (unpaired) electrons. The molecule has 0 fully saturated rings. The second kappa shape index (κ2) is 9.24. The lowest BCUT2D eigenvalue weighted by Gasteiger charge is -2.12. The number of pyridine rings is 1. The first-order valence-corrected chi connectivity index (χ1v) is 9.91. The Bertz CT molecular complexity index is 883. The van der Waals surface area contributed by atoms with Crippen LogP contribution in [-0.2, 0) is 14.8 Å². The number of hydrogen-bond acceptors (Lipinski definition) is 5. The van der Waals surface area contributed by atoms with Crippen LogP contribution in [0, 0.1) is 0 Å². The number of amides is 2. The number of carbonyl (C=O) groups excluding carboxylic acids is 2.